The SMILES string of the molecule is CCN(C(=O)c1cccc(OC)c1)c1nc(-c2ccccc2)cs1. The van der Waals surface area contributed by atoms with Crippen LogP contribution >= 0.6 is 11.3 Å². The van der Waals surface area contributed by atoms with Crippen molar-refractivity contribution in [3.8, 4) is 17.0 Å². The Kier molecular flexibility index (Phi) is 4.91. The van der Waals surface area contributed by atoms with E-state index in [9.17, 15) is 4.79 Å². The van der Waals surface area contributed by atoms with E-state index in [1.807, 2.05) is 54.8 Å². The molecule has 5 heteroatoms. The maximum absolute atomic E-state index is 12.8. The second kappa shape index (κ2) is 7.27. The Morgan fingerprint density at radius 3 is 2.67 bits per heavy atom. The van der Waals surface area contributed by atoms with E-state index in [2.05, 4.69) is 4.98 Å². The highest BCUT2D eigenvalue weighted by atomic mass is 32.1. The molecule has 4 nitrogen and oxygen atoms in total. The molecule has 3 rings (SSSR count). The fourth-order valence-electron chi connectivity index (χ4n) is 2.41. The van der Waals surface area contributed by atoms with E-state index < -0.39 is 0 Å². The number of anilines is 1. The number of hydrogen-bond acceptors (Lipinski definition) is 4. The molecule has 0 fully saturated rings. The number of rotatable bonds is 5. The van der Waals surface area contributed by atoms with Crippen molar-refractivity contribution in [3.05, 3.63) is 65.5 Å². The third-order valence-electron chi connectivity index (χ3n) is 3.67. The molecule has 24 heavy (non-hydrogen) atoms. The molecule has 0 bridgehead atoms. The van der Waals surface area contributed by atoms with Crippen LogP contribution in [0.2, 0.25) is 0 Å². The van der Waals surface area contributed by atoms with Gasteiger partial charge in [0, 0.05) is 23.1 Å². The van der Waals surface area contributed by atoms with Crippen molar-refractivity contribution in [2.75, 3.05) is 18.6 Å². The van der Waals surface area contributed by atoms with Crippen molar-refractivity contribution in [1.82, 2.24) is 4.98 Å². The van der Waals surface area contributed by atoms with Gasteiger partial charge in [0.25, 0.3) is 5.91 Å². The standard InChI is InChI=1S/C19H18N2O2S/c1-3-21(18(22)15-10-7-11-16(12-15)23-2)19-20-17(13-24-19)14-8-5-4-6-9-14/h4-13H,3H2,1-2H3. The fraction of sp³-hybridized carbons (Fsp3) is 0.158. The topological polar surface area (TPSA) is 42.4 Å². The van der Waals surface area contributed by atoms with Crippen LogP contribution < -0.4 is 9.64 Å². The summed E-state index contributed by atoms with van der Waals surface area (Å²) in [5, 5.41) is 2.68. The summed E-state index contributed by atoms with van der Waals surface area (Å²) in [6, 6.07) is 17.1. The maximum atomic E-state index is 12.8. The Morgan fingerprint density at radius 1 is 1.17 bits per heavy atom. The first-order chi connectivity index (χ1) is 11.7. The highest BCUT2D eigenvalue weighted by Gasteiger charge is 2.19. The van der Waals surface area contributed by atoms with Crippen molar-refractivity contribution in [2.24, 2.45) is 0 Å². The highest BCUT2D eigenvalue weighted by Crippen LogP contribution is 2.28. The summed E-state index contributed by atoms with van der Waals surface area (Å²) in [4.78, 5) is 19.1. The molecule has 0 saturated carbocycles. The van der Waals surface area contributed by atoms with Crippen molar-refractivity contribution >= 4 is 22.4 Å². The Labute approximate surface area is 145 Å². The van der Waals surface area contributed by atoms with Gasteiger partial charge >= 0.3 is 0 Å². The van der Waals surface area contributed by atoms with Gasteiger partial charge in [-0.1, -0.05) is 36.4 Å². The first kappa shape index (κ1) is 16.2. The van der Waals surface area contributed by atoms with E-state index in [0.717, 1.165) is 11.3 Å². The summed E-state index contributed by atoms with van der Waals surface area (Å²) in [5.41, 5.74) is 2.52. The Bertz CT molecular complexity index is 830. The van der Waals surface area contributed by atoms with Gasteiger partial charge in [0.05, 0.1) is 12.8 Å². The lowest BCUT2D eigenvalue weighted by Crippen LogP contribution is -2.30. The number of ether oxygens (including phenoxy) is 1. The maximum Gasteiger partial charge on any atom is 0.260 e. The Morgan fingerprint density at radius 2 is 1.96 bits per heavy atom. The zero-order valence-corrected chi connectivity index (χ0v) is 14.4. The molecule has 0 spiro atoms. The van der Waals surface area contributed by atoms with Gasteiger partial charge in [-0.15, -0.1) is 11.3 Å². The zero-order valence-electron chi connectivity index (χ0n) is 13.6. The molecule has 1 heterocycles. The van der Waals surface area contributed by atoms with E-state index in [0.29, 0.717) is 23.0 Å². The zero-order chi connectivity index (χ0) is 16.9. The molecule has 0 aliphatic rings. The molecule has 0 saturated heterocycles. The Balaban J connectivity index is 1.89. The lowest BCUT2D eigenvalue weighted by atomic mass is 10.2. The number of carbonyl (C=O) groups excluding carboxylic acids is 1. The van der Waals surface area contributed by atoms with Crippen LogP contribution in [-0.2, 0) is 0 Å². The van der Waals surface area contributed by atoms with Gasteiger partial charge in [-0.05, 0) is 25.1 Å². The number of thiazole rings is 1. The largest absolute Gasteiger partial charge is 0.497 e. The van der Waals surface area contributed by atoms with Crippen molar-refractivity contribution in [1.29, 1.82) is 0 Å². The second-order valence-electron chi connectivity index (χ2n) is 5.16. The monoisotopic (exact) mass is 338 g/mol. The van der Waals surface area contributed by atoms with E-state index in [4.69, 9.17) is 4.74 Å². The number of nitrogens with zero attached hydrogens (tertiary/aromatic N) is 2. The predicted molar refractivity (Wildman–Crippen MR) is 97.9 cm³/mol. The number of carbonyl (C=O) groups is 1. The summed E-state index contributed by atoms with van der Waals surface area (Å²) in [6.45, 7) is 2.50. The van der Waals surface area contributed by atoms with Gasteiger partial charge in [-0.3, -0.25) is 9.69 Å². The van der Waals surface area contributed by atoms with Gasteiger partial charge < -0.3 is 4.74 Å². The normalized spacial score (nSPS) is 10.4. The van der Waals surface area contributed by atoms with Gasteiger partial charge in [0.2, 0.25) is 0 Å². The smallest absolute Gasteiger partial charge is 0.260 e. The van der Waals surface area contributed by atoms with E-state index in [1.54, 1.807) is 24.1 Å². The third kappa shape index (κ3) is 3.31. The molecule has 1 aromatic heterocycles. The van der Waals surface area contributed by atoms with Gasteiger partial charge in [0.15, 0.2) is 5.13 Å². The summed E-state index contributed by atoms with van der Waals surface area (Å²) >= 11 is 1.47. The van der Waals surface area contributed by atoms with E-state index in [-0.39, 0.29) is 5.91 Å². The molecule has 0 unspecified atom stereocenters. The molecular weight excluding hydrogens is 320 g/mol. The van der Waals surface area contributed by atoms with E-state index in [1.165, 1.54) is 11.3 Å². The van der Waals surface area contributed by atoms with Crippen LogP contribution in [0.25, 0.3) is 11.3 Å². The summed E-state index contributed by atoms with van der Waals surface area (Å²) < 4.78 is 5.20. The minimum absolute atomic E-state index is 0.0784. The lowest BCUT2D eigenvalue weighted by molar-refractivity contribution is 0.0988. The number of aromatic nitrogens is 1. The third-order valence-corrected chi connectivity index (χ3v) is 4.53. The number of amides is 1. The van der Waals surface area contributed by atoms with Crippen LogP contribution in [0.5, 0.6) is 5.75 Å². The molecule has 3 aromatic rings. The lowest BCUT2D eigenvalue weighted by Gasteiger charge is -2.18. The predicted octanol–water partition coefficient (Wildman–Crippen LogP) is 4.49. The summed E-state index contributed by atoms with van der Waals surface area (Å²) in [5.74, 6) is 0.589. The minimum atomic E-state index is -0.0784. The van der Waals surface area contributed by atoms with Crippen LogP contribution in [0.1, 0.15) is 17.3 Å². The molecule has 1 amide bonds. The van der Waals surface area contributed by atoms with Crippen LogP contribution in [0.15, 0.2) is 60.0 Å². The fourth-order valence-corrected chi connectivity index (χ4v) is 3.30. The summed E-state index contributed by atoms with van der Waals surface area (Å²) in [7, 11) is 1.59. The summed E-state index contributed by atoms with van der Waals surface area (Å²) in [6.07, 6.45) is 0. The molecule has 0 radical (unpaired) electrons. The molecule has 0 aliphatic carbocycles. The molecular formula is C19H18N2O2S. The van der Waals surface area contributed by atoms with Crippen LogP contribution in [0, 0.1) is 0 Å². The molecule has 0 atom stereocenters. The van der Waals surface area contributed by atoms with Crippen LogP contribution in [-0.4, -0.2) is 24.5 Å². The van der Waals surface area contributed by atoms with Crippen molar-refractivity contribution in [3.63, 3.8) is 0 Å². The van der Waals surface area contributed by atoms with E-state index >= 15 is 0 Å². The average Bonchev–Trinajstić information content (AvgIpc) is 3.13. The van der Waals surface area contributed by atoms with Gasteiger partial charge in [0.1, 0.15) is 5.75 Å². The number of methoxy groups -OCH3 is 1. The van der Waals surface area contributed by atoms with Crippen molar-refractivity contribution in [2.45, 2.75) is 6.92 Å². The number of hydrogen-bond donors (Lipinski definition) is 0. The highest BCUT2D eigenvalue weighted by molar-refractivity contribution is 7.14. The molecule has 2 aromatic carbocycles. The molecule has 0 N–H and O–H groups in total. The number of benzene rings is 2. The van der Waals surface area contributed by atoms with Crippen molar-refractivity contribution < 1.29 is 9.53 Å². The minimum Gasteiger partial charge on any atom is -0.497 e. The quantitative estimate of drug-likeness (QED) is 0.688. The van der Waals surface area contributed by atoms with Gasteiger partial charge in [-0.25, -0.2) is 4.98 Å². The molecule has 0 aliphatic heterocycles. The van der Waals surface area contributed by atoms with Crippen LogP contribution in [0.4, 0.5) is 5.13 Å². The first-order valence-electron chi connectivity index (χ1n) is 7.69. The second-order valence-corrected chi connectivity index (χ2v) is 6.00. The molecule has 122 valence electrons. The Hall–Kier alpha value is -2.66. The first-order valence-corrected chi connectivity index (χ1v) is 8.57. The van der Waals surface area contributed by atoms with Crippen LogP contribution in [0.3, 0.4) is 0 Å². The average molecular weight is 338 g/mol. The van der Waals surface area contributed by atoms with Gasteiger partial charge in [-0.2, -0.15) is 0 Å².